The summed E-state index contributed by atoms with van der Waals surface area (Å²) in [6.07, 6.45) is 2.37. The number of piperazine rings is 1. The number of carbonyl (C=O) groups excluding carboxylic acids is 1. The summed E-state index contributed by atoms with van der Waals surface area (Å²) in [5, 5.41) is 13.8. The van der Waals surface area contributed by atoms with E-state index in [0.717, 1.165) is 32.5 Å². The number of carbonyl (C=O) groups is 1. The van der Waals surface area contributed by atoms with Crippen molar-refractivity contribution in [2.24, 2.45) is 5.92 Å². The molecule has 1 aromatic heterocycles. The first kappa shape index (κ1) is 26.4. The van der Waals surface area contributed by atoms with E-state index in [0.29, 0.717) is 24.5 Å². The minimum Gasteiger partial charge on any atom is -0.378 e. The maximum Gasteiger partial charge on any atom is 0.275 e. The second-order valence-electron chi connectivity index (χ2n) is 11.8. The number of hydrogen-bond acceptors (Lipinski definition) is 6. The number of nitrogens with zero attached hydrogens (tertiary/aromatic N) is 4. The van der Waals surface area contributed by atoms with E-state index in [4.69, 9.17) is 0 Å². The average molecular weight is 494 g/mol. The fourth-order valence-corrected chi connectivity index (χ4v) is 5.75. The molecule has 0 saturated carbocycles. The normalized spacial score (nSPS) is 27.6. The molecule has 2 N–H and O–H groups in total. The van der Waals surface area contributed by atoms with Gasteiger partial charge in [0.2, 0.25) is 5.91 Å². The Morgan fingerprint density at radius 3 is 2.74 bits per heavy atom. The second kappa shape index (κ2) is 10.00. The molecule has 3 atom stereocenters. The fraction of sp³-hybridized carbons (Fsp3) is 0.769. The zero-order chi connectivity index (χ0) is 25.5. The Hall–Kier alpha value is -1.68. The van der Waals surface area contributed by atoms with Gasteiger partial charge < -0.3 is 15.3 Å². The Kier molecular flexibility index (Phi) is 7.53. The number of halogens is 2. The molecule has 1 aromatic rings. The molecule has 3 aliphatic heterocycles. The monoisotopic (exact) mass is 493 g/mol. The van der Waals surface area contributed by atoms with Crippen molar-refractivity contribution in [2.45, 2.75) is 83.5 Å². The molecule has 3 aliphatic rings. The van der Waals surface area contributed by atoms with E-state index < -0.39 is 17.6 Å². The summed E-state index contributed by atoms with van der Waals surface area (Å²) in [5.41, 5.74) is 0.667. The zero-order valence-electron chi connectivity index (χ0n) is 21.7. The van der Waals surface area contributed by atoms with Crippen molar-refractivity contribution in [3.8, 4) is 0 Å². The maximum atomic E-state index is 14.9. The van der Waals surface area contributed by atoms with Crippen LogP contribution in [0.15, 0.2) is 12.3 Å². The molecule has 4 heterocycles. The lowest BCUT2D eigenvalue weighted by atomic mass is 9.90. The number of amides is 1. The van der Waals surface area contributed by atoms with Crippen LogP contribution >= 0.6 is 0 Å². The number of nitrogens with one attached hydrogen (secondary N) is 1. The van der Waals surface area contributed by atoms with Crippen LogP contribution in [-0.4, -0.2) is 83.4 Å². The molecule has 7 nitrogen and oxygen atoms in total. The summed E-state index contributed by atoms with van der Waals surface area (Å²) in [6, 6.07) is 1.82. The van der Waals surface area contributed by atoms with Crippen molar-refractivity contribution >= 4 is 11.6 Å². The van der Waals surface area contributed by atoms with Gasteiger partial charge in [0.25, 0.3) is 5.92 Å². The molecule has 1 amide bonds. The van der Waals surface area contributed by atoms with E-state index in [1.165, 1.54) is 12.3 Å². The van der Waals surface area contributed by atoms with Crippen molar-refractivity contribution in [3.63, 3.8) is 0 Å². The highest BCUT2D eigenvalue weighted by Gasteiger charge is 2.43. The number of rotatable bonds is 7. The molecule has 0 radical (unpaired) electrons. The molecular weight excluding hydrogens is 452 g/mol. The van der Waals surface area contributed by atoms with Gasteiger partial charge in [0.05, 0.1) is 17.9 Å². The van der Waals surface area contributed by atoms with Crippen LogP contribution in [0.1, 0.15) is 65.1 Å². The van der Waals surface area contributed by atoms with Gasteiger partial charge in [-0.1, -0.05) is 27.7 Å². The number of aliphatic hydroxyl groups excluding tert-OH is 1. The molecule has 0 spiro atoms. The second-order valence-corrected chi connectivity index (χ2v) is 11.8. The summed E-state index contributed by atoms with van der Waals surface area (Å²) < 4.78 is 29.8. The van der Waals surface area contributed by atoms with Gasteiger partial charge in [0.15, 0.2) is 0 Å². The van der Waals surface area contributed by atoms with Gasteiger partial charge in [0.1, 0.15) is 6.23 Å². The molecule has 0 aromatic carbocycles. The van der Waals surface area contributed by atoms with Gasteiger partial charge in [-0.25, -0.2) is 8.78 Å². The first-order valence-corrected chi connectivity index (χ1v) is 13.0. The molecule has 9 heteroatoms. The molecule has 196 valence electrons. The number of alkyl halides is 2. The smallest absolute Gasteiger partial charge is 0.275 e. The lowest BCUT2D eigenvalue weighted by Gasteiger charge is -2.41. The third-order valence-corrected chi connectivity index (χ3v) is 7.58. The summed E-state index contributed by atoms with van der Waals surface area (Å²) in [6.45, 7) is 13.3. The summed E-state index contributed by atoms with van der Waals surface area (Å²) in [4.78, 5) is 24.0. The quantitative estimate of drug-likeness (QED) is 0.609. The van der Waals surface area contributed by atoms with Gasteiger partial charge in [0, 0.05) is 68.4 Å². The minimum atomic E-state index is -2.99. The summed E-state index contributed by atoms with van der Waals surface area (Å²) in [7, 11) is 0. The Morgan fingerprint density at radius 1 is 1.34 bits per heavy atom. The van der Waals surface area contributed by atoms with Gasteiger partial charge in [-0.15, -0.1) is 0 Å². The van der Waals surface area contributed by atoms with Crippen molar-refractivity contribution in [1.29, 1.82) is 0 Å². The zero-order valence-corrected chi connectivity index (χ0v) is 21.7. The molecule has 2 fully saturated rings. The number of anilines is 1. The lowest BCUT2D eigenvalue weighted by molar-refractivity contribution is -0.121. The van der Waals surface area contributed by atoms with Crippen LogP contribution in [0.5, 0.6) is 0 Å². The van der Waals surface area contributed by atoms with Crippen LogP contribution in [0.4, 0.5) is 14.5 Å². The first-order chi connectivity index (χ1) is 16.4. The molecule has 2 saturated heterocycles. The average Bonchev–Trinajstić information content (AvgIpc) is 3.28. The number of pyridine rings is 1. The van der Waals surface area contributed by atoms with E-state index >= 15 is 0 Å². The highest BCUT2D eigenvalue weighted by atomic mass is 19.3. The number of aromatic nitrogens is 1. The SMILES string of the molecule is CC(C)CC(F)(F)c1cnc2c(c1)N(C(=O)CN1C[C@@H](C)NC[C@@H]1CN1CCCC1O)CC2(C)C. The van der Waals surface area contributed by atoms with Crippen LogP contribution in [0.25, 0.3) is 0 Å². The van der Waals surface area contributed by atoms with E-state index in [-0.39, 0.29) is 42.4 Å². The van der Waals surface area contributed by atoms with Crippen molar-refractivity contribution in [2.75, 3.05) is 44.2 Å². The Labute approximate surface area is 207 Å². The molecule has 35 heavy (non-hydrogen) atoms. The van der Waals surface area contributed by atoms with Gasteiger partial charge in [-0.2, -0.15) is 0 Å². The number of aliphatic hydroxyl groups is 1. The van der Waals surface area contributed by atoms with Crippen molar-refractivity contribution < 1.29 is 18.7 Å². The lowest BCUT2D eigenvalue weighted by Crippen LogP contribution is -2.61. The van der Waals surface area contributed by atoms with Crippen molar-refractivity contribution in [3.05, 3.63) is 23.5 Å². The maximum absolute atomic E-state index is 14.9. The molecule has 4 rings (SSSR count). The predicted molar refractivity (Wildman–Crippen MR) is 133 cm³/mol. The molecule has 0 aliphatic carbocycles. The van der Waals surface area contributed by atoms with E-state index in [2.05, 4.69) is 27.0 Å². The van der Waals surface area contributed by atoms with Crippen LogP contribution in [0.3, 0.4) is 0 Å². The summed E-state index contributed by atoms with van der Waals surface area (Å²) in [5.74, 6) is -3.25. The number of fused-ring (bicyclic) bond motifs is 1. The van der Waals surface area contributed by atoms with Crippen molar-refractivity contribution in [1.82, 2.24) is 20.1 Å². The third kappa shape index (κ3) is 5.68. The molecule has 0 bridgehead atoms. The van der Waals surface area contributed by atoms with E-state index in [1.54, 1.807) is 18.7 Å². The number of hydrogen-bond donors (Lipinski definition) is 2. The van der Waals surface area contributed by atoms with Crippen LogP contribution in [0.2, 0.25) is 0 Å². The van der Waals surface area contributed by atoms with E-state index in [9.17, 15) is 18.7 Å². The Balaban J connectivity index is 1.54. The predicted octanol–water partition coefficient (Wildman–Crippen LogP) is 2.92. The fourth-order valence-electron chi connectivity index (χ4n) is 5.75. The Morgan fingerprint density at radius 2 is 2.09 bits per heavy atom. The summed E-state index contributed by atoms with van der Waals surface area (Å²) >= 11 is 0. The van der Waals surface area contributed by atoms with Crippen LogP contribution < -0.4 is 10.2 Å². The minimum absolute atomic E-state index is 0.0935. The largest absolute Gasteiger partial charge is 0.378 e. The highest BCUT2D eigenvalue weighted by molar-refractivity contribution is 5.97. The molecular formula is C26H41F2N5O2. The van der Waals surface area contributed by atoms with E-state index in [1.807, 2.05) is 13.8 Å². The third-order valence-electron chi connectivity index (χ3n) is 7.58. The van der Waals surface area contributed by atoms with Crippen LogP contribution in [-0.2, 0) is 16.1 Å². The van der Waals surface area contributed by atoms with Gasteiger partial charge in [-0.3, -0.25) is 19.6 Å². The van der Waals surface area contributed by atoms with Gasteiger partial charge >= 0.3 is 0 Å². The Bertz CT molecular complexity index is 925. The number of likely N-dealkylation sites (tertiary alicyclic amines) is 1. The van der Waals surface area contributed by atoms with Crippen LogP contribution in [0, 0.1) is 5.92 Å². The standard InChI is InChI=1S/C26H41F2N5O2/c1-17(2)10-26(27,28)19-9-21-24(30-11-19)25(4,5)16-33(21)23(35)15-32-13-18(3)29-12-20(32)14-31-8-6-7-22(31)34/h9,11,17-18,20,22,29,34H,6-8,10,12-16H2,1-5H3/t18-,20-,22?/m1/s1. The highest BCUT2D eigenvalue weighted by Crippen LogP contribution is 2.43. The molecule has 1 unspecified atom stereocenters. The first-order valence-electron chi connectivity index (χ1n) is 13.0. The topological polar surface area (TPSA) is 71.9 Å². The van der Waals surface area contributed by atoms with Gasteiger partial charge in [-0.05, 0) is 31.7 Å².